The summed E-state index contributed by atoms with van der Waals surface area (Å²) in [6, 6.07) is 12.8. The largest absolute Gasteiger partial charge is 0.326 e. The van der Waals surface area contributed by atoms with Gasteiger partial charge in [0.15, 0.2) is 0 Å². The molecule has 84 valence electrons. The molecule has 0 fully saturated rings. The van der Waals surface area contributed by atoms with E-state index < -0.39 is 0 Å². The lowest BCUT2D eigenvalue weighted by molar-refractivity contribution is 0.404. The summed E-state index contributed by atoms with van der Waals surface area (Å²) in [4.78, 5) is 2.18. The SMILES string of the molecule is CN(C)Cc1ccc(CN)c2ccccc12. The first kappa shape index (κ1) is 11.1. The Morgan fingerprint density at radius 3 is 2.06 bits per heavy atom. The normalized spacial score (nSPS) is 11.2. The van der Waals surface area contributed by atoms with Crippen LogP contribution >= 0.6 is 0 Å². The summed E-state index contributed by atoms with van der Waals surface area (Å²) in [6.45, 7) is 1.56. The molecule has 2 aromatic carbocycles. The smallest absolute Gasteiger partial charge is 0.0233 e. The first-order chi connectivity index (χ1) is 7.72. The van der Waals surface area contributed by atoms with Crippen LogP contribution in [0.3, 0.4) is 0 Å². The zero-order valence-corrected chi connectivity index (χ0v) is 9.90. The van der Waals surface area contributed by atoms with Crippen LogP contribution in [-0.2, 0) is 13.1 Å². The third-order valence-electron chi connectivity index (χ3n) is 2.81. The number of fused-ring (bicyclic) bond motifs is 1. The summed E-state index contributed by atoms with van der Waals surface area (Å²) in [7, 11) is 4.18. The van der Waals surface area contributed by atoms with E-state index in [1.165, 1.54) is 21.9 Å². The molecule has 0 aliphatic carbocycles. The second-order valence-corrected chi connectivity index (χ2v) is 4.37. The Bertz CT molecular complexity index is 489. The first-order valence-electron chi connectivity index (χ1n) is 5.56. The molecule has 2 N–H and O–H groups in total. The predicted octanol–water partition coefficient (Wildman–Crippen LogP) is 2.36. The molecule has 0 saturated heterocycles. The molecule has 0 bridgehead atoms. The van der Waals surface area contributed by atoms with E-state index in [1.807, 2.05) is 0 Å². The summed E-state index contributed by atoms with van der Waals surface area (Å²) < 4.78 is 0. The van der Waals surface area contributed by atoms with Gasteiger partial charge in [-0.2, -0.15) is 0 Å². The van der Waals surface area contributed by atoms with Crippen molar-refractivity contribution in [1.29, 1.82) is 0 Å². The van der Waals surface area contributed by atoms with Crippen LogP contribution in [0.2, 0.25) is 0 Å². The van der Waals surface area contributed by atoms with Crippen LogP contribution in [0.15, 0.2) is 36.4 Å². The Kier molecular flexibility index (Phi) is 3.22. The average molecular weight is 214 g/mol. The predicted molar refractivity (Wildman–Crippen MR) is 69.2 cm³/mol. The van der Waals surface area contributed by atoms with Gasteiger partial charge in [-0.1, -0.05) is 36.4 Å². The van der Waals surface area contributed by atoms with Gasteiger partial charge in [-0.15, -0.1) is 0 Å². The fourth-order valence-corrected chi connectivity index (χ4v) is 2.08. The van der Waals surface area contributed by atoms with Crippen LogP contribution in [0, 0.1) is 0 Å². The topological polar surface area (TPSA) is 29.3 Å². The van der Waals surface area contributed by atoms with Crippen molar-refractivity contribution in [2.75, 3.05) is 14.1 Å². The van der Waals surface area contributed by atoms with Gasteiger partial charge in [-0.3, -0.25) is 0 Å². The zero-order valence-electron chi connectivity index (χ0n) is 9.90. The third-order valence-corrected chi connectivity index (χ3v) is 2.81. The molecule has 0 spiro atoms. The standard InChI is InChI=1S/C14H18N2/c1-16(2)10-12-8-7-11(9-15)13-5-3-4-6-14(12)13/h3-8H,9-10,15H2,1-2H3. The number of nitrogens with two attached hydrogens (primary N) is 1. The van der Waals surface area contributed by atoms with Gasteiger partial charge in [-0.25, -0.2) is 0 Å². The lowest BCUT2D eigenvalue weighted by Gasteiger charge is -2.14. The molecule has 0 saturated carbocycles. The fourth-order valence-electron chi connectivity index (χ4n) is 2.08. The van der Waals surface area contributed by atoms with Gasteiger partial charge in [0.25, 0.3) is 0 Å². The highest BCUT2D eigenvalue weighted by Gasteiger charge is 2.04. The van der Waals surface area contributed by atoms with Crippen molar-refractivity contribution in [2.24, 2.45) is 5.73 Å². The molecule has 0 aliphatic rings. The maximum atomic E-state index is 5.76. The number of hydrogen-bond acceptors (Lipinski definition) is 2. The Labute approximate surface area is 96.7 Å². The van der Waals surface area contributed by atoms with Crippen LogP contribution < -0.4 is 5.73 Å². The molecule has 0 radical (unpaired) electrons. The molecule has 2 aromatic rings. The molecule has 0 aliphatic heterocycles. The Hall–Kier alpha value is -1.38. The lowest BCUT2D eigenvalue weighted by atomic mass is 9.99. The average Bonchev–Trinajstić information content (AvgIpc) is 2.29. The van der Waals surface area contributed by atoms with E-state index in [2.05, 4.69) is 55.4 Å². The molecule has 2 rings (SSSR count). The van der Waals surface area contributed by atoms with Crippen LogP contribution in [0.25, 0.3) is 10.8 Å². The molecule has 0 amide bonds. The van der Waals surface area contributed by atoms with Crippen LogP contribution in [0.5, 0.6) is 0 Å². The van der Waals surface area contributed by atoms with Crippen molar-refractivity contribution in [3.63, 3.8) is 0 Å². The monoisotopic (exact) mass is 214 g/mol. The first-order valence-corrected chi connectivity index (χ1v) is 5.56. The molecular formula is C14H18N2. The molecular weight excluding hydrogens is 196 g/mol. The summed E-state index contributed by atoms with van der Waals surface area (Å²) in [5.74, 6) is 0. The molecule has 0 atom stereocenters. The minimum absolute atomic E-state index is 0.600. The van der Waals surface area contributed by atoms with Gasteiger partial charge >= 0.3 is 0 Å². The molecule has 0 unspecified atom stereocenters. The number of benzene rings is 2. The van der Waals surface area contributed by atoms with E-state index in [9.17, 15) is 0 Å². The van der Waals surface area contributed by atoms with Crippen molar-refractivity contribution in [3.05, 3.63) is 47.5 Å². The van der Waals surface area contributed by atoms with Crippen molar-refractivity contribution in [1.82, 2.24) is 4.90 Å². The summed E-state index contributed by atoms with van der Waals surface area (Å²) in [5, 5.41) is 2.60. The second-order valence-electron chi connectivity index (χ2n) is 4.37. The van der Waals surface area contributed by atoms with E-state index in [1.54, 1.807) is 0 Å². The summed E-state index contributed by atoms with van der Waals surface area (Å²) >= 11 is 0. The minimum atomic E-state index is 0.600. The van der Waals surface area contributed by atoms with E-state index in [-0.39, 0.29) is 0 Å². The van der Waals surface area contributed by atoms with Crippen molar-refractivity contribution in [3.8, 4) is 0 Å². The van der Waals surface area contributed by atoms with E-state index >= 15 is 0 Å². The lowest BCUT2D eigenvalue weighted by Crippen LogP contribution is -2.11. The fraction of sp³-hybridized carbons (Fsp3) is 0.286. The van der Waals surface area contributed by atoms with Crippen molar-refractivity contribution < 1.29 is 0 Å². The van der Waals surface area contributed by atoms with Crippen molar-refractivity contribution >= 4 is 10.8 Å². The highest BCUT2D eigenvalue weighted by molar-refractivity contribution is 5.88. The molecule has 2 heteroatoms. The molecule has 0 aromatic heterocycles. The third kappa shape index (κ3) is 2.08. The summed E-state index contributed by atoms with van der Waals surface area (Å²) in [6.07, 6.45) is 0. The molecule has 0 heterocycles. The van der Waals surface area contributed by atoms with Gasteiger partial charge < -0.3 is 10.6 Å². The quantitative estimate of drug-likeness (QED) is 0.850. The second kappa shape index (κ2) is 4.64. The Balaban J connectivity index is 2.60. The molecule has 16 heavy (non-hydrogen) atoms. The van der Waals surface area contributed by atoms with E-state index in [0.717, 1.165) is 6.54 Å². The van der Waals surface area contributed by atoms with Gasteiger partial charge in [0, 0.05) is 13.1 Å². The van der Waals surface area contributed by atoms with Crippen molar-refractivity contribution in [2.45, 2.75) is 13.1 Å². The van der Waals surface area contributed by atoms with Crippen LogP contribution in [0.1, 0.15) is 11.1 Å². The Morgan fingerprint density at radius 2 is 1.50 bits per heavy atom. The van der Waals surface area contributed by atoms with E-state index in [4.69, 9.17) is 5.73 Å². The molecule has 2 nitrogen and oxygen atoms in total. The van der Waals surface area contributed by atoms with Gasteiger partial charge in [0.05, 0.1) is 0 Å². The Morgan fingerprint density at radius 1 is 0.938 bits per heavy atom. The maximum absolute atomic E-state index is 5.76. The number of hydrogen-bond donors (Lipinski definition) is 1. The van der Waals surface area contributed by atoms with Crippen LogP contribution in [-0.4, -0.2) is 19.0 Å². The number of rotatable bonds is 3. The zero-order chi connectivity index (χ0) is 11.5. The van der Waals surface area contributed by atoms with Gasteiger partial charge in [0.1, 0.15) is 0 Å². The summed E-state index contributed by atoms with van der Waals surface area (Å²) in [5.41, 5.74) is 8.34. The number of nitrogens with zero attached hydrogens (tertiary/aromatic N) is 1. The highest BCUT2D eigenvalue weighted by atomic mass is 15.0. The van der Waals surface area contributed by atoms with Gasteiger partial charge in [-0.05, 0) is 36.0 Å². The van der Waals surface area contributed by atoms with Crippen LogP contribution in [0.4, 0.5) is 0 Å². The van der Waals surface area contributed by atoms with E-state index in [0.29, 0.717) is 6.54 Å². The highest BCUT2D eigenvalue weighted by Crippen LogP contribution is 2.23. The maximum Gasteiger partial charge on any atom is 0.0233 e. The van der Waals surface area contributed by atoms with Gasteiger partial charge in [0.2, 0.25) is 0 Å². The minimum Gasteiger partial charge on any atom is -0.326 e.